The Morgan fingerprint density at radius 2 is 2.00 bits per heavy atom. The number of benzene rings is 1. The topological polar surface area (TPSA) is 20.3 Å². The van der Waals surface area contributed by atoms with Crippen molar-refractivity contribution in [2.75, 3.05) is 19.0 Å². The normalized spacial score (nSPS) is 9.50. The van der Waals surface area contributed by atoms with Crippen LogP contribution in [0.15, 0.2) is 24.3 Å². The number of anilines is 1. The van der Waals surface area contributed by atoms with E-state index in [0.717, 1.165) is 11.3 Å². The molecule has 0 heterocycles. The summed E-state index contributed by atoms with van der Waals surface area (Å²) in [6.07, 6.45) is 2.27. The second kappa shape index (κ2) is 3.90. The average Bonchev–Trinajstić information content (AvgIpc) is 2.05. The second-order valence-corrected chi connectivity index (χ2v) is 2.84. The van der Waals surface area contributed by atoms with Crippen LogP contribution in [0.1, 0.15) is 5.56 Å². The Kier molecular flexibility index (Phi) is 2.86. The van der Waals surface area contributed by atoms with Gasteiger partial charge in [-0.05, 0) is 11.6 Å². The SMILES string of the molecule is CN(C)c1ccccc1C[C]=O. The van der Waals surface area contributed by atoms with Gasteiger partial charge in [-0.25, -0.2) is 0 Å². The van der Waals surface area contributed by atoms with E-state index in [9.17, 15) is 4.79 Å². The summed E-state index contributed by atoms with van der Waals surface area (Å²) in [4.78, 5) is 12.2. The highest BCUT2D eigenvalue weighted by Crippen LogP contribution is 2.17. The van der Waals surface area contributed by atoms with Crippen LogP contribution in [-0.4, -0.2) is 20.4 Å². The van der Waals surface area contributed by atoms with Gasteiger partial charge in [0.2, 0.25) is 6.29 Å². The van der Waals surface area contributed by atoms with Crippen molar-refractivity contribution in [2.45, 2.75) is 6.42 Å². The highest BCUT2D eigenvalue weighted by molar-refractivity contribution is 5.63. The first-order chi connectivity index (χ1) is 5.75. The van der Waals surface area contributed by atoms with Gasteiger partial charge in [0, 0.05) is 26.2 Å². The minimum atomic E-state index is 0.369. The van der Waals surface area contributed by atoms with Crippen molar-refractivity contribution in [1.82, 2.24) is 0 Å². The van der Waals surface area contributed by atoms with E-state index in [-0.39, 0.29) is 0 Å². The van der Waals surface area contributed by atoms with E-state index in [1.54, 1.807) is 0 Å². The lowest BCUT2D eigenvalue weighted by Gasteiger charge is -2.15. The lowest BCUT2D eigenvalue weighted by Crippen LogP contribution is -2.11. The molecule has 0 aliphatic heterocycles. The lowest BCUT2D eigenvalue weighted by molar-refractivity contribution is 0.555. The molecule has 0 saturated carbocycles. The monoisotopic (exact) mass is 162 g/mol. The number of carbonyl (C=O) groups excluding carboxylic acids is 1. The molecule has 0 fully saturated rings. The molecule has 2 heteroatoms. The average molecular weight is 162 g/mol. The standard InChI is InChI=1S/C10H12NO/c1-11(2)10-6-4-3-5-9(10)7-8-12/h3-6H,7H2,1-2H3. The zero-order chi connectivity index (χ0) is 8.97. The molecule has 12 heavy (non-hydrogen) atoms. The summed E-state index contributed by atoms with van der Waals surface area (Å²) in [5.74, 6) is 0. The van der Waals surface area contributed by atoms with Gasteiger partial charge in [-0.3, -0.25) is 4.79 Å². The minimum Gasteiger partial charge on any atom is -0.377 e. The maximum atomic E-state index is 10.2. The van der Waals surface area contributed by atoms with Crippen molar-refractivity contribution in [3.8, 4) is 0 Å². The Morgan fingerprint density at radius 3 is 2.58 bits per heavy atom. The molecule has 0 bridgehead atoms. The van der Waals surface area contributed by atoms with Crippen LogP contribution in [0, 0.1) is 0 Å². The predicted molar refractivity (Wildman–Crippen MR) is 50.2 cm³/mol. The molecule has 0 aliphatic carbocycles. The van der Waals surface area contributed by atoms with Gasteiger partial charge in [-0.15, -0.1) is 0 Å². The summed E-state index contributed by atoms with van der Waals surface area (Å²) in [5.41, 5.74) is 2.11. The summed E-state index contributed by atoms with van der Waals surface area (Å²) in [6, 6.07) is 7.83. The van der Waals surface area contributed by atoms with Gasteiger partial charge in [0.1, 0.15) is 0 Å². The molecular formula is C10H12NO. The van der Waals surface area contributed by atoms with Crippen LogP contribution in [0.25, 0.3) is 0 Å². The lowest BCUT2D eigenvalue weighted by atomic mass is 10.1. The van der Waals surface area contributed by atoms with Gasteiger partial charge in [0.25, 0.3) is 0 Å². The van der Waals surface area contributed by atoms with E-state index in [4.69, 9.17) is 0 Å². The van der Waals surface area contributed by atoms with Crippen LogP contribution < -0.4 is 4.90 Å². The Balaban J connectivity index is 2.99. The summed E-state index contributed by atoms with van der Waals surface area (Å²) in [5, 5.41) is 0. The van der Waals surface area contributed by atoms with E-state index in [0.29, 0.717) is 6.42 Å². The van der Waals surface area contributed by atoms with Crippen LogP contribution in [-0.2, 0) is 11.2 Å². The summed E-state index contributed by atoms with van der Waals surface area (Å²) >= 11 is 0. The molecule has 1 aromatic rings. The number of hydrogen-bond acceptors (Lipinski definition) is 2. The zero-order valence-electron chi connectivity index (χ0n) is 7.37. The Labute approximate surface area is 72.8 Å². The molecule has 2 nitrogen and oxygen atoms in total. The Hall–Kier alpha value is -1.31. The third-order valence-corrected chi connectivity index (χ3v) is 1.74. The number of rotatable bonds is 3. The smallest absolute Gasteiger partial charge is 0.203 e. The highest BCUT2D eigenvalue weighted by Gasteiger charge is 2.01. The molecule has 0 aliphatic rings. The van der Waals surface area contributed by atoms with E-state index >= 15 is 0 Å². The van der Waals surface area contributed by atoms with Crippen molar-refractivity contribution < 1.29 is 4.79 Å². The molecule has 0 unspecified atom stereocenters. The van der Waals surface area contributed by atoms with Crippen LogP contribution in [0.5, 0.6) is 0 Å². The highest BCUT2D eigenvalue weighted by atomic mass is 16.1. The summed E-state index contributed by atoms with van der Waals surface area (Å²) in [6.45, 7) is 0. The van der Waals surface area contributed by atoms with Crippen molar-refractivity contribution in [1.29, 1.82) is 0 Å². The van der Waals surface area contributed by atoms with Crippen molar-refractivity contribution in [3.63, 3.8) is 0 Å². The molecule has 63 valence electrons. The molecule has 0 amide bonds. The minimum absolute atomic E-state index is 0.369. The summed E-state index contributed by atoms with van der Waals surface area (Å²) < 4.78 is 0. The maximum absolute atomic E-state index is 10.2. The van der Waals surface area contributed by atoms with Gasteiger partial charge in [-0.2, -0.15) is 0 Å². The Bertz CT molecular complexity index is 268. The van der Waals surface area contributed by atoms with Gasteiger partial charge in [-0.1, -0.05) is 18.2 Å². The molecule has 0 spiro atoms. The van der Waals surface area contributed by atoms with E-state index in [1.807, 2.05) is 49.5 Å². The van der Waals surface area contributed by atoms with Gasteiger partial charge in [0.15, 0.2) is 0 Å². The van der Waals surface area contributed by atoms with Gasteiger partial charge in [0.05, 0.1) is 0 Å². The van der Waals surface area contributed by atoms with Crippen molar-refractivity contribution in [2.24, 2.45) is 0 Å². The number of nitrogens with zero attached hydrogens (tertiary/aromatic N) is 1. The van der Waals surface area contributed by atoms with E-state index < -0.39 is 0 Å². The molecule has 0 N–H and O–H groups in total. The molecular weight excluding hydrogens is 150 g/mol. The summed E-state index contributed by atoms with van der Waals surface area (Å²) in [7, 11) is 3.92. The fourth-order valence-corrected chi connectivity index (χ4v) is 1.17. The number of hydrogen-bond donors (Lipinski definition) is 0. The van der Waals surface area contributed by atoms with E-state index in [1.165, 1.54) is 0 Å². The van der Waals surface area contributed by atoms with Gasteiger partial charge < -0.3 is 4.90 Å². The molecule has 0 atom stereocenters. The van der Waals surface area contributed by atoms with Crippen LogP contribution in [0.2, 0.25) is 0 Å². The molecule has 0 aromatic heterocycles. The largest absolute Gasteiger partial charge is 0.377 e. The maximum Gasteiger partial charge on any atom is 0.203 e. The van der Waals surface area contributed by atoms with Crippen molar-refractivity contribution in [3.05, 3.63) is 29.8 Å². The molecule has 1 radical (unpaired) electrons. The van der Waals surface area contributed by atoms with Crippen LogP contribution in [0.4, 0.5) is 5.69 Å². The second-order valence-electron chi connectivity index (χ2n) is 2.84. The van der Waals surface area contributed by atoms with Crippen molar-refractivity contribution >= 4 is 12.0 Å². The first-order valence-corrected chi connectivity index (χ1v) is 3.86. The quantitative estimate of drug-likeness (QED) is 0.669. The van der Waals surface area contributed by atoms with Crippen LogP contribution in [0.3, 0.4) is 0 Å². The number of para-hydroxylation sites is 1. The molecule has 0 saturated heterocycles. The van der Waals surface area contributed by atoms with E-state index in [2.05, 4.69) is 0 Å². The fraction of sp³-hybridized carbons (Fsp3) is 0.300. The molecule has 1 rings (SSSR count). The predicted octanol–water partition coefficient (Wildman–Crippen LogP) is 1.40. The fourth-order valence-electron chi connectivity index (χ4n) is 1.17. The first-order valence-electron chi connectivity index (χ1n) is 3.86. The van der Waals surface area contributed by atoms with Gasteiger partial charge >= 0.3 is 0 Å². The molecule has 1 aromatic carbocycles. The van der Waals surface area contributed by atoms with Crippen LogP contribution >= 0.6 is 0 Å². The zero-order valence-corrected chi connectivity index (χ0v) is 7.37. The third kappa shape index (κ3) is 1.84. The third-order valence-electron chi connectivity index (χ3n) is 1.74. The first kappa shape index (κ1) is 8.78. The Morgan fingerprint density at radius 1 is 1.33 bits per heavy atom.